The largest absolute Gasteiger partial charge is 0.338 e. The van der Waals surface area contributed by atoms with E-state index in [1.165, 1.54) is 16.9 Å². The molecule has 3 amide bonds. The number of benzene rings is 1. The zero-order valence-corrected chi connectivity index (χ0v) is 15.5. The summed E-state index contributed by atoms with van der Waals surface area (Å²) in [7, 11) is 0. The molecule has 4 rings (SSSR count). The smallest absolute Gasteiger partial charge is 0.323 e. The fourth-order valence-electron chi connectivity index (χ4n) is 3.68. The van der Waals surface area contributed by atoms with Gasteiger partial charge < -0.3 is 10.2 Å². The Morgan fingerprint density at radius 2 is 2.15 bits per heavy atom. The average Bonchev–Trinajstić information content (AvgIpc) is 3.09. The number of urea groups is 1. The molecule has 7 heteroatoms. The Morgan fingerprint density at radius 1 is 1.35 bits per heavy atom. The number of amides is 3. The van der Waals surface area contributed by atoms with Gasteiger partial charge in [-0.15, -0.1) is 11.3 Å². The standard InChI is InChI=1S/C19H22N4O2S/c1-13-11-23(17(13)14-6-3-2-4-7-14)16(24)10-15-12-26-19(21-15)22-9-5-8-20-18(22)25/h2-4,6-7,12-13,17H,5,8-11H2,1H3,(H,20,25)/t13-,17+/m0/s1. The van der Waals surface area contributed by atoms with Crippen LogP contribution in [-0.4, -0.2) is 41.5 Å². The second-order valence-electron chi connectivity index (χ2n) is 6.91. The van der Waals surface area contributed by atoms with Crippen LogP contribution in [0.3, 0.4) is 0 Å². The molecular weight excluding hydrogens is 348 g/mol. The van der Waals surface area contributed by atoms with Crippen molar-refractivity contribution in [1.29, 1.82) is 0 Å². The summed E-state index contributed by atoms with van der Waals surface area (Å²) in [6.07, 6.45) is 1.19. The minimum atomic E-state index is -0.107. The molecule has 1 N–H and O–H groups in total. The highest BCUT2D eigenvalue weighted by atomic mass is 32.1. The minimum absolute atomic E-state index is 0.0944. The van der Waals surface area contributed by atoms with Gasteiger partial charge in [0.15, 0.2) is 5.13 Å². The van der Waals surface area contributed by atoms with E-state index in [9.17, 15) is 9.59 Å². The van der Waals surface area contributed by atoms with Gasteiger partial charge in [-0.25, -0.2) is 9.78 Å². The van der Waals surface area contributed by atoms with Gasteiger partial charge in [0.2, 0.25) is 5.91 Å². The number of hydrogen-bond donors (Lipinski definition) is 1. The van der Waals surface area contributed by atoms with Crippen molar-refractivity contribution in [2.24, 2.45) is 5.92 Å². The zero-order valence-electron chi connectivity index (χ0n) is 14.7. The molecule has 0 unspecified atom stereocenters. The molecule has 0 bridgehead atoms. The van der Waals surface area contributed by atoms with Gasteiger partial charge in [-0.3, -0.25) is 9.69 Å². The van der Waals surface area contributed by atoms with Crippen molar-refractivity contribution >= 4 is 28.4 Å². The second-order valence-corrected chi connectivity index (χ2v) is 7.75. The predicted octanol–water partition coefficient (Wildman–Crippen LogP) is 2.82. The van der Waals surface area contributed by atoms with Crippen molar-refractivity contribution in [3.63, 3.8) is 0 Å². The molecule has 2 aromatic rings. The van der Waals surface area contributed by atoms with E-state index in [0.717, 1.165) is 18.7 Å². The molecule has 2 atom stereocenters. The van der Waals surface area contributed by atoms with Crippen LogP contribution in [-0.2, 0) is 11.2 Å². The van der Waals surface area contributed by atoms with Crippen LogP contribution >= 0.6 is 11.3 Å². The van der Waals surface area contributed by atoms with Crippen molar-refractivity contribution in [3.8, 4) is 0 Å². The summed E-state index contributed by atoms with van der Waals surface area (Å²) in [6, 6.07) is 10.2. The number of aromatic nitrogens is 1. The Hall–Kier alpha value is -2.41. The van der Waals surface area contributed by atoms with Crippen LogP contribution in [0.15, 0.2) is 35.7 Å². The van der Waals surface area contributed by atoms with E-state index in [1.54, 1.807) is 4.90 Å². The lowest BCUT2D eigenvalue weighted by atomic mass is 9.84. The molecule has 6 nitrogen and oxygen atoms in total. The maximum absolute atomic E-state index is 12.8. The molecule has 3 heterocycles. The first-order valence-electron chi connectivity index (χ1n) is 8.97. The molecule has 136 valence electrons. The van der Waals surface area contributed by atoms with Gasteiger partial charge in [0.1, 0.15) is 0 Å². The fraction of sp³-hybridized carbons (Fsp3) is 0.421. The molecular formula is C19H22N4O2S. The molecule has 0 saturated carbocycles. The highest BCUT2D eigenvalue weighted by Crippen LogP contribution is 2.38. The molecule has 1 aromatic heterocycles. The topological polar surface area (TPSA) is 65.5 Å². The molecule has 2 aliphatic heterocycles. The highest BCUT2D eigenvalue weighted by Gasteiger charge is 2.39. The van der Waals surface area contributed by atoms with Crippen LogP contribution in [0.4, 0.5) is 9.93 Å². The summed E-state index contributed by atoms with van der Waals surface area (Å²) in [6.45, 7) is 4.34. The zero-order chi connectivity index (χ0) is 18.1. The lowest BCUT2D eigenvalue weighted by Gasteiger charge is -2.47. The van der Waals surface area contributed by atoms with Crippen molar-refractivity contribution in [2.45, 2.75) is 25.8 Å². The number of thiazole rings is 1. The molecule has 0 radical (unpaired) electrons. The van der Waals surface area contributed by atoms with Crippen LogP contribution in [0.5, 0.6) is 0 Å². The summed E-state index contributed by atoms with van der Waals surface area (Å²) < 4.78 is 0. The summed E-state index contributed by atoms with van der Waals surface area (Å²) in [5, 5.41) is 5.38. The van der Waals surface area contributed by atoms with E-state index < -0.39 is 0 Å². The molecule has 2 aliphatic rings. The van der Waals surface area contributed by atoms with E-state index in [0.29, 0.717) is 24.1 Å². The summed E-state index contributed by atoms with van der Waals surface area (Å²) >= 11 is 1.42. The average molecular weight is 370 g/mol. The van der Waals surface area contributed by atoms with Crippen LogP contribution < -0.4 is 10.2 Å². The number of carbonyl (C=O) groups excluding carboxylic acids is 2. The Bertz CT molecular complexity index is 807. The van der Waals surface area contributed by atoms with Gasteiger partial charge >= 0.3 is 6.03 Å². The summed E-state index contributed by atoms with van der Waals surface area (Å²) in [5.41, 5.74) is 1.92. The number of carbonyl (C=O) groups is 2. The molecule has 2 saturated heterocycles. The van der Waals surface area contributed by atoms with E-state index >= 15 is 0 Å². The van der Waals surface area contributed by atoms with Gasteiger partial charge in [0, 0.05) is 25.0 Å². The first-order valence-corrected chi connectivity index (χ1v) is 9.85. The van der Waals surface area contributed by atoms with Gasteiger partial charge in [0.25, 0.3) is 0 Å². The van der Waals surface area contributed by atoms with Crippen LogP contribution in [0, 0.1) is 5.92 Å². The fourth-order valence-corrected chi connectivity index (χ4v) is 4.53. The monoisotopic (exact) mass is 370 g/mol. The van der Waals surface area contributed by atoms with Crippen LogP contribution in [0.25, 0.3) is 0 Å². The predicted molar refractivity (Wildman–Crippen MR) is 101 cm³/mol. The minimum Gasteiger partial charge on any atom is -0.338 e. The number of likely N-dealkylation sites (tertiary alicyclic amines) is 1. The Kier molecular flexibility index (Phi) is 4.63. The number of nitrogens with one attached hydrogen (secondary N) is 1. The van der Waals surface area contributed by atoms with Crippen molar-refractivity contribution in [1.82, 2.24) is 15.2 Å². The number of anilines is 1. The van der Waals surface area contributed by atoms with Gasteiger partial charge in [0.05, 0.1) is 18.2 Å². The molecule has 0 aliphatic carbocycles. The van der Waals surface area contributed by atoms with Crippen LogP contribution in [0.2, 0.25) is 0 Å². The third kappa shape index (κ3) is 3.19. The molecule has 2 fully saturated rings. The van der Waals surface area contributed by atoms with Crippen molar-refractivity contribution in [2.75, 3.05) is 24.5 Å². The van der Waals surface area contributed by atoms with Crippen LogP contribution in [0.1, 0.15) is 30.6 Å². The second kappa shape index (κ2) is 7.07. The lowest BCUT2D eigenvalue weighted by Crippen LogP contribution is -2.52. The molecule has 0 spiro atoms. The highest BCUT2D eigenvalue weighted by molar-refractivity contribution is 7.14. The van der Waals surface area contributed by atoms with E-state index in [2.05, 4.69) is 29.4 Å². The number of hydrogen-bond acceptors (Lipinski definition) is 4. The molecule has 26 heavy (non-hydrogen) atoms. The summed E-state index contributed by atoms with van der Waals surface area (Å²) in [4.78, 5) is 32.8. The van der Waals surface area contributed by atoms with Gasteiger partial charge in [-0.05, 0) is 17.9 Å². The van der Waals surface area contributed by atoms with E-state index in [1.807, 2.05) is 28.5 Å². The lowest BCUT2D eigenvalue weighted by molar-refractivity contribution is -0.142. The first-order chi connectivity index (χ1) is 12.6. The summed E-state index contributed by atoms with van der Waals surface area (Å²) in [5.74, 6) is 0.557. The van der Waals surface area contributed by atoms with E-state index in [4.69, 9.17) is 0 Å². The Morgan fingerprint density at radius 3 is 2.88 bits per heavy atom. The first kappa shape index (κ1) is 17.0. The maximum Gasteiger partial charge on any atom is 0.323 e. The van der Waals surface area contributed by atoms with Crippen molar-refractivity contribution < 1.29 is 9.59 Å². The SMILES string of the molecule is C[C@H]1CN(C(=O)Cc2csc(N3CCCNC3=O)n2)[C@H]1c1ccccc1. The quantitative estimate of drug-likeness (QED) is 0.900. The third-order valence-corrected chi connectivity index (χ3v) is 5.92. The third-order valence-electron chi connectivity index (χ3n) is 5.00. The van der Waals surface area contributed by atoms with Crippen molar-refractivity contribution in [3.05, 3.63) is 47.0 Å². The maximum atomic E-state index is 12.8. The van der Waals surface area contributed by atoms with E-state index in [-0.39, 0.29) is 24.4 Å². The number of nitrogens with zero attached hydrogens (tertiary/aromatic N) is 3. The Balaban J connectivity index is 1.43. The Labute approximate surface area is 156 Å². The van der Waals surface area contributed by atoms with Gasteiger partial charge in [-0.2, -0.15) is 0 Å². The van der Waals surface area contributed by atoms with Gasteiger partial charge in [-0.1, -0.05) is 37.3 Å². The molecule has 1 aromatic carbocycles. The number of rotatable bonds is 4. The normalized spacial score (nSPS) is 22.7.